The minimum atomic E-state index is -0.488. The molecule has 1 fully saturated rings. The number of hydrogen-bond donors (Lipinski definition) is 2. The summed E-state index contributed by atoms with van der Waals surface area (Å²) in [6.45, 7) is 1.83. The molecule has 3 heterocycles. The van der Waals surface area contributed by atoms with Crippen LogP contribution >= 0.6 is 11.8 Å². The van der Waals surface area contributed by atoms with Crippen molar-refractivity contribution >= 4 is 56.9 Å². The Balaban J connectivity index is 1.16. The number of piperidine rings is 1. The molecule has 0 bridgehead atoms. The van der Waals surface area contributed by atoms with E-state index < -0.39 is 5.25 Å². The molecule has 3 amide bonds. The van der Waals surface area contributed by atoms with Crippen LogP contribution in [-0.2, 0) is 16.6 Å². The number of hydrogen-bond acceptors (Lipinski definition) is 5. The van der Waals surface area contributed by atoms with Gasteiger partial charge in [0.2, 0.25) is 5.91 Å². The number of nitrogens with one attached hydrogen (secondary N) is 2. The molecule has 1 aromatic heterocycles. The lowest BCUT2D eigenvalue weighted by Gasteiger charge is -2.27. The highest BCUT2D eigenvalue weighted by Gasteiger charge is 2.33. The topological polar surface area (TPSA) is 95.8 Å². The van der Waals surface area contributed by atoms with Crippen molar-refractivity contribution in [2.45, 2.75) is 30.9 Å². The number of thioether (sulfide) groups is 1. The molecular formula is C26H27N5O3S. The fourth-order valence-electron chi connectivity index (χ4n) is 4.42. The Morgan fingerprint density at radius 1 is 1.03 bits per heavy atom. The highest BCUT2D eigenvalue weighted by molar-refractivity contribution is 8.15. The quantitative estimate of drug-likeness (QED) is 0.559. The number of benzene rings is 2. The second-order valence-electron chi connectivity index (χ2n) is 8.84. The second-order valence-corrected chi connectivity index (χ2v) is 10.0. The number of aryl methyl sites for hydroxylation is 1. The number of likely N-dealkylation sites (tertiary alicyclic amines) is 1. The van der Waals surface area contributed by atoms with E-state index in [1.165, 1.54) is 18.2 Å². The molecule has 0 saturated carbocycles. The van der Waals surface area contributed by atoms with E-state index in [0.29, 0.717) is 11.3 Å². The van der Waals surface area contributed by atoms with Crippen molar-refractivity contribution in [3.05, 3.63) is 60.3 Å². The zero-order valence-electron chi connectivity index (χ0n) is 19.5. The first-order valence-corrected chi connectivity index (χ1v) is 12.7. The third-order valence-electron chi connectivity index (χ3n) is 6.33. The molecule has 5 rings (SSSR count). The van der Waals surface area contributed by atoms with E-state index in [1.807, 2.05) is 42.1 Å². The van der Waals surface area contributed by atoms with Gasteiger partial charge in [0.25, 0.3) is 11.8 Å². The number of rotatable bonds is 5. The minimum Gasteiger partial charge on any atom is -0.351 e. The van der Waals surface area contributed by atoms with Gasteiger partial charge in [0.05, 0.1) is 5.69 Å². The molecule has 0 radical (unpaired) electrons. The summed E-state index contributed by atoms with van der Waals surface area (Å²) < 4.78 is 2.00. The van der Waals surface area contributed by atoms with Gasteiger partial charge in [0.15, 0.2) is 5.17 Å². The first kappa shape index (κ1) is 23.2. The molecule has 0 spiro atoms. The summed E-state index contributed by atoms with van der Waals surface area (Å²) in [5.74, 6) is -0.723. The summed E-state index contributed by atoms with van der Waals surface area (Å²) in [7, 11) is 1.96. The molecule has 180 valence electrons. The van der Waals surface area contributed by atoms with Gasteiger partial charge in [-0.2, -0.15) is 4.99 Å². The van der Waals surface area contributed by atoms with E-state index in [0.717, 1.165) is 47.7 Å². The number of fused-ring (bicyclic) bond motifs is 1. The fraction of sp³-hybridized carbons (Fsp3) is 0.308. The monoisotopic (exact) mass is 489 g/mol. The molecule has 1 saturated heterocycles. The van der Waals surface area contributed by atoms with Crippen LogP contribution in [0.15, 0.2) is 59.7 Å². The van der Waals surface area contributed by atoms with Crippen molar-refractivity contribution in [3.63, 3.8) is 0 Å². The maximum atomic E-state index is 12.8. The highest BCUT2D eigenvalue weighted by Crippen LogP contribution is 2.29. The Morgan fingerprint density at radius 3 is 2.57 bits per heavy atom. The van der Waals surface area contributed by atoms with Crippen molar-refractivity contribution in [1.29, 1.82) is 0 Å². The van der Waals surface area contributed by atoms with Gasteiger partial charge >= 0.3 is 0 Å². The Morgan fingerprint density at radius 2 is 1.80 bits per heavy atom. The largest absolute Gasteiger partial charge is 0.351 e. The SMILES string of the molecule is Cn1ccc2c(NC(=O)c3ccc(NC(=O)CC4SC(N5CCCCC5)=NC4=O)cc3)cccc21. The summed E-state index contributed by atoms with van der Waals surface area (Å²) in [5, 5.41) is 7.01. The molecule has 35 heavy (non-hydrogen) atoms. The smallest absolute Gasteiger partial charge is 0.262 e. The van der Waals surface area contributed by atoms with Crippen LogP contribution in [0.4, 0.5) is 11.4 Å². The summed E-state index contributed by atoms with van der Waals surface area (Å²) in [6.07, 6.45) is 5.44. The molecular weight excluding hydrogens is 462 g/mol. The minimum absolute atomic E-state index is 0.0632. The summed E-state index contributed by atoms with van der Waals surface area (Å²) in [5.41, 5.74) is 2.84. The van der Waals surface area contributed by atoms with Crippen LogP contribution < -0.4 is 10.6 Å². The predicted molar refractivity (Wildman–Crippen MR) is 140 cm³/mol. The third kappa shape index (κ3) is 5.09. The Bertz CT molecular complexity index is 1310. The van der Waals surface area contributed by atoms with Crippen molar-refractivity contribution in [1.82, 2.24) is 9.47 Å². The van der Waals surface area contributed by atoms with Gasteiger partial charge in [-0.3, -0.25) is 14.4 Å². The average Bonchev–Trinajstić information content (AvgIpc) is 3.43. The lowest BCUT2D eigenvalue weighted by molar-refractivity contribution is -0.121. The zero-order valence-corrected chi connectivity index (χ0v) is 20.3. The summed E-state index contributed by atoms with van der Waals surface area (Å²) in [6, 6.07) is 14.5. The van der Waals surface area contributed by atoms with Crippen LogP contribution in [0, 0.1) is 0 Å². The van der Waals surface area contributed by atoms with Crippen molar-refractivity contribution in [2.75, 3.05) is 23.7 Å². The van der Waals surface area contributed by atoms with Crippen LogP contribution in [-0.4, -0.2) is 50.7 Å². The second kappa shape index (κ2) is 9.95. The predicted octanol–water partition coefficient (Wildman–Crippen LogP) is 4.24. The van der Waals surface area contributed by atoms with E-state index in [2.05, 4.69) is 20.5 Å². The van der Waals surface area contributed by atoms with Crippen LogP contribution in [0.2, 0.25) is 0 Å². The number of aliphatic imine (C=N–C) groups is 1. The Hall–Kier alpha value is -3.59. The normalized spacial score (nSPS) is 18.0. The molecule has 2 N–H and O–H groups in total. The number of nitrogens with zero attached hydrogens (tertiary/aromatic N) is 3. The molecule has 2 aromatic carbocycles. The molecule has 2 aliphatic rings. The van der Waals surface area contributed by atoms with E-state index in [4.69, 9.17) is 0 Å². The van der Waals surface area contributed by atoms with Gasteiger partial charge < -0.3 is 20.1 Å². The maximum absolute atomic E-state index is 12.8. The lowest BCUT2D eigenvalue weighted by atomic mass is 10.1. The molecule has 2 aliphatic heterocycles. The van der Waals surface area contributed by atoms with E-state index in [1.54, 1.807) is 24.3 Å². The van der Waals surface area contributed by atoms with Crippen LogP contribution in [0.1, 0.15) is 36.0 Å². The first-order chi connectivity index (χ1) is 17.0. The third-order valence-corrected chi connectivity index (χ3v) is 7.55. The number of amidine groups is 1. The molecule has 8 nitrogen and oxygen atoms in total. The number of amides is 3. The van der Waals surface area contributed by atoms with Crippen LogP contribution in [0.3, 0.4) is 0 Å². The van der Waals surface area contributed by atoms with Crippen molar-refractivity contribution < 1.29 is 14.4 Å². The molecule has 1 unspecified atom stereocenters. The number of carbonyl (C=O) groups excluding carboxylic acids is 3. The van der Waals surface area contributed by atoms with Gasteiger partial charge in [0.1, 0.15) is 5.25 Å². The highest BCUT2D eigenvalue weighted by atomic mass is 32.2. The van der Waals surface area contributed by atoms with E-state index in [-0.39, 0.29) is 24.1 Å². The standard InChI is InChI=1S/C26H27N5O3S/c1-30-15-12-19-20(6-5-7-21(19)30)28-24(33)17-8-10-18(11-9-17)27-23(32)16-22-25(34)29-26(35-22)31-13-3-2-4-14-31/h5-12,15,22H,2-4,13-14,16H2,1H3,(H,27,32)(H,28,33). The van der Waals surface area contributed by atoms with Gasteiger partial charge in [-0.05, 0) is 61.7 Å². The molecule has 0 aliphatic carbocycles. The van der Waals surface area contributed by atoms with Gasteiger partial charge in [-0.25, -0.2) is 0 Å². The van der Waals surface area contributed by atoms with Crippen molar-refractivity contribution in [2.24, 2.45) is 12.0 Å². The van der Waals surface area contributed by atoms with E-state index >= 15 is 0 Å². The molecule has 3 aromatic rings. The summed E-state index contributed by atoms with van der Waals surface area (Å²) in [4.78, 5) is 44.0. The molecule has 1 atom stereocenters. The van der Waals surface area contributed by atoms with Crippen molar-refractivity contribution in [3.8, 4) is 0 Å². The zero-order chi connectivity index (χ0) is 24.4. The van der Waals surface area contributed by atoms with Gasteiger partial charge in [0, 0.05) is 54.9 Å². The maximum Gasteiger partial charge on any atom is 0.262 e. The van der Waals surface area contributed by atoms with Crippen LogP contribution in [0.25, 0.3) is 10.9 Å². The van der Waals surface area contributed by atoms with Gasteiger partial charge in [-0.15, -0.1) is 0 Å². The Kier molecular flexibility index (Phi) is 6.59. The first-order valence-electron chi connectivity index (χ1n) is 11.8. The number of carbonyl (C=O) groups is 3. The van der Waals surface area contributed by atoms with Crippen LogP contribution in [0.5, 0.6) is 0 Å². The summed E-state index contributed by atoms with van der Waals surface area (Å²) >= 11 is 1.38. The fourth-order valence-corrected chi connectivity index (χ4v) is 5.54. The lowest BCUT2D eigenvalue weighted by Crippen LogP contribution is -2.33. The molecule has 9 heteroatoms. The average molecular weight is 490 g/mol. The Labute approximate surface area is 207 Å². The van der Waals surface area contributed by atoms with Gasteiger partial charge in [-0.1, -0.05) is 17.8 Å². The number of anilines is 2. The van der Waals surface area contributed by atoms with E-state index in [9.17, 15) is 14.4 Å². The number of aromatic nitrogens is 1.